The molecule has 2 aromatic carbocycles. The number of carbonyl (C=O) groups is 1. The fraction of sp³-hybridized carbons (Fsp3) is 0.158. The second kappa shape index (κ2) is 6.01. The van der Waals surface area contributed by atoms with Gasteiger partial charge in [0.2, 0.25) is 0 Å². The molecule has 1 aliphatic rings. The van der Waals surface area contributed by atoms with Crippen LogP contribution in [0.4, 0.5) is 18.9 Å². The molecule has 4 nitrogen and oxygen atoms in total. The van der Waals surface area contributed by atoms with Crippen molar-refractivity contribution in [3.05, 3.63) is 70.9 Å². The molecule has 1 heterocycles. The van der Waals surface area contributed by atoms with Gasteiger partial charge < -0.3 is 9.84 Å². The van der Waals surface area contributed by atoms with Gasteiger partial charge in [0.1, 0.15) is 0 Å². The molecule has 0 radical (unpaired) electrons. The average Bonchev–Trinajstić information content (AvgIpc) is 3.06. The molecule has 0 aliphatic heterocycles. The maximum Gasteiger partial charge on any atom is 0.416 e. The van der Waals surface area contributed by atoms with E-state index in [1.165, 1.54) is 12.1 Å². The average molecular weight is 358 g/mol. The number of nitrogens with one attached hydrogen (secondary N) is 1. The van der Waals surface area contributed by atoms with Crippen LogP contribution in [0, 0.1) is 0 Å². The highest BCUT2D eigenvalue weighted by Gasteiger charge is 2.31. The summed E-state index contributed by atoms with van der Waals surface area (Å²) in [6, 6.07) is 12.2. The predicted molar refractivity (Wildman–Crippen MR) is 88.7 cm³/mol. The topological polar surface area (TPSA) is 55.1 Å². The lowest BCUT2D eigenvalue weighted by Gasteiger charge is -2.14. The molecule has 0 bridgehead atoms. The minimum atomic E-state index is -4.47. The summed E-state index contributed by atoms with van der Waals surface area (Å²) in [6.07, 6.45) is -3.15. The van der Waals surface area contributed by atoms with Crippen molar-refractivity contribution in [1.29, 1.82) is 0 Å². The van der Waals surface area contributed by atoms with Crippen LogP contribution in [0.15, 0.2) is 53.1 Å². The van der Waals surface area contributed by atoms with Crippen LogP contribution in [-0.2, 0) is 19.0 Å². The van der Waals surface area contributed by atoms with Crippen LogP contribution in [0.1, 0.15) is 27.2 Å². The summed E-state index contributed by atoms with van der Waals surface area (Å²) in [5, 5.41) is 6.32. The lowest BCUT2D eigenvalue weighted by Crippen LogP contribution is -2.16. The predicted octanol–water partition coefficient (Wildman–Crippen LogP) is 4.71. The molecule has 0 spiro atoms. The van der Waals surface area contributed by atoms with Crippen molar-refractivity contribution in [3.8, 4) is 11.3 Å². The number of benzene rings is 2. The summed E-state index contributed by atoms with van der Waals surface area (Å²) in [4.78, 5) is 12.5. The minimum Gasteiger partial charge on any atom is -0.355 e. The van der Waals surface area contributed by atoms with E-state index in [2.05, 4.69) is 10.5 Å². The zero-order valence-corrected chi connectivity index (χ0v) is 13.4. The van der Waals surface area contributed by atoms with Crippen molar-refractivity contribution in [1.82, 2.24) is 5.16 Å². The quantitative estimate of drug-likeness (QED) is 0.722. The van der Waals surface area contributed by atoms with Gasteiger partial charge >= 0.3 is 6.18 Å². The van der Waals surface area contributed by atoms with Crippen LogP contribution in [0.25, 0.3) is 11.3 Å². The summed E-state index contributed by atoms with van der Waals surface area (Å²) >= 11 is 0. The summed E-state index contributed by atoms with van der Waals surface area (Å²) in [5.41, 5.74) is 2.00. The van der Waals surface area contributed by atoms with E-state index in [1.54, 1.807) is 0 Å². The summed E-state index contributed by atoms with van der Waals surface area (Å²) in [6.45, 7) is 0. The van der Waals surface area contributed by atoms with E-state index in [9.17, 15) is 18.0 Å². The van der Waals surface area contributed by atoms with Gasteiger partial charge in [-0.15, -0.1) is 0 Å². The van der Waals surface area contributed by atoms with E-state index in [4.69, 9.17) is 4.52 Å². The molecule has 7 heteroatoms. The Labute approximate surface area is 146 Å². The number of alkyl halides is 3. The number of anilines is 1. The molecule has 0 saturated heterocycles. The van der Waals surface area contributed by atoms with Gasteiger partial charge in [0, 0.05) is 16.8 Å². The number of carbonyl (C=O) groups excluding carboxylic acids is 1. The van der Waals surface area contributed by atoms with Gasteiger partial charge in [0.05, 0.1) is 5.56 Å². The molecule has 1 aromatic heterocycles. The number of aryl methyl sites for hydroxylation is 1. The van der Waals surface area contributed by atoms with Crippen molar-refractivity contribution in [3.63, 3.8) is 0 Å². The molecule has 0 atom stereocenters. The maximum atomic E-state index is 12.8. The fourth-order valence-electron chi connectivity index (χ4n) is 3.11. The second-order valence-corrected chi connectivity index (χ2v) is 6.03. The highest BCUT2D eigenvalue weighted by atomic mass is 19.4. The lowest BCUT2D eigenvalue weighted by atomic mass is 9.89. The van der Waals surface area contributed by atoms with Crippen molar-refractivity contribution in [2.24, 2.45) is 0 Å². The fourth-order valence-corrected chi connectivity index (χ4v) is 3.11. The largest absolute Gasteiger partial charge is 0.416 e. The Balaban J connectivity index is 1.63. The van der Waals surface area contributed by atoms with Crippen LogP contribution < -0.4 is 5.32 Å². The first-order valence-electron chi connectivity index (χ1n) is 7.99. The van der Waals surface area contributed by atoms with E-state index in [0.717, 1.165) is 29.7 Å². The standard InChI is InChI=1S/C19H13F3N2O2/c20-19(21,22)12-5-3-6-13(10-12)23-18(25)16-15-9-8-11-4-1-2-7-14(11)17(15)26-24-16/h1-7,10H,8-9H2,(H,23,25). The Morgan fingerprint density at radius 2 is 1.88 bits per heavy atom. The third-order valence-electron chi connectivity index (χ3n) is 4.36. The normalized spacial score (nSPS) is 13.0. The number of rotatable bonds is 2. The first kappa shape index (κ1) is 16.4. The van der Waals surface area contributed by atoms with E-state index >= 15 is 0 Å². The zero-order chi connectivity index (χ0) is 18.3. The Morgan fingerprint density at radius 1 is 1.08 bits per heavy atom. The van der Waals surface area contributed by atoms with E-state index < -0.39 is 17.6 Å². The Morgan fingerprint density at radius 3 is 2.69 bits per heavy atom. The maximum absolute atomic E-state index is 12.8. The molecule has 1 N–H and O–H groups in total. The molecule has 0 fully saturated rings. The molecule has 1 amide bonds. The Hall–Kier alpha value is -3.09. The van der Waals surface area contributed by atoms with Gasteiger partial charge in [-0.2, -0.15) is 13.2 Å². The smallest absolute Gasteiger partial charge is 0.355 e. The van der Waals surface area contributed by atoms with E-state index in [0.29, 0.717) is 17.7 Å². The summed E-state index contributed by atoms with van der Waals surface area (Å²) in [7, 11) is 0. The van der Waals surface area contributed by atoms with Gasteiger partial charge in [-0.05, 0) is 36.6 Å². The molecule has 132 valence electrons. The van der Waals surface area contributed by atoms with E-state index in [1.807, 2.05) is 24.3 Å². The lowest BCUT2D eigenvalue weighted by molar-refractivity contribution is -0.137. The monoisotopic (exact) mass is 358 g/mol. The number of hydrogen-bond donors (Lipinski definition) is 1. The third-order valence-corrected chi connectivity index (χ3v) is 4.36. The molecule has 4 rings (SSSR count). The van der Waals surface area contributed by atoms with Gasteiger partial charge in [-0.3, -0.25) is 4.79 Å². The number of halogens is 3. The zero-order valence-electron chi connectivity index (χ0n) is 13.4. The molecule has 1 aliphatic carbocycles. The summed E-state index contributed by atoms with van der Waals surface area (Å²) < 4.78 is 43.8. The number of fused-ring (bicyclic) bond motifs is 3. The highest BCUT2D eigenvalue weighted by molar-refractivity contribution is 6.04. The van der Waals surface area contributed by atoms with Crippen molar-refractivity contribution >= 4 is 11.6 Å². The van der Waals surface area contributed by atoms with Gasteiger partial charge in [0.15, 0.2) is 11.5 Å². The highest BCUT2D eigenvalue weighted by Crippen LogP contribution is 2.35. The number of nitrogens with zero attached hydrogens (tertiary/aromatic N) is 1. The minimum absolute atomic E-state index is 0.0535. The second-order valence-electron chi connectivity index (χ2n) is 6.03. The van der Waals surface area contributed by atoms with Crippen molar-refractivity contribution in [2.75, 3.05) is 5.32 Å². The molecular weight excluding hydrogens is 345 g/mol. The van der Waals surface area contributed by atoms with Crippen molar-refractivity contribution < 1.29 is 22.5 Å². The van der Waals surface area contributed by atoms with Crippen LogP contribution in [0.5, 0.6) is 0 Å². The molecule has 0 saturated carbocycles. The van der Waals surface area contributed by atoms with Gasteiger partial charge in [0.25, 0.3) is 5.91 Å². The molecule has 3 aromatic rings. The first-order chi connectivity index (χ1) is 12.4. The van der Waals surface area contributed by atoms with Crippen molar-refractivity contribution in [2.45, 2.75) is 19.0 Å². The summed E-state index contributed by atoms with van der Waals surface area (Å²) in [5.74, 6) is -0.0465. The molecule has 0 unspecified atom stereocenters. The first-order valence-corrected chi connectivity index (χ1v) is 7.99. The number of amides is 1. The van der Waals surface area contributed by atoms with E-state index in [-0.39, 0.29) is 11.4 Å². The number of hydrogen-bond acceptors (Lipinski definition) is 3. The van der Waals surface area contributed by atoms with Crippen LogP contribution in [0.3, 0.4) is 0 Å². The SMILES string of the molecule is O=C(Nc1cccc(C(F)(F)F)c1)c1noc2c1CCc1ccccc1-2. The van der Waals surface area contributed by atoms with Crippen LogP contribution >= 0.6 is 0 Å². The van der Waals surface area contributed by atoms with Gasteiger partial charge in [-0.1, -0.05) is 35.5 Å². The van der Waals surface area contributed by atoms with Crippen LogP contribution in [0.2, 0.25) is 0 Å². The van der Waals surface area contributed by atoms with Crippen LogP contribution in [-0.4, -0.2) is 11.1 Å². The van der Waals surface area contributed by atoms with Gasteiger partial charge in [-0.25, -0.2) is 0 Å². The Kier molecular flexibility index (Phi) is 3.79. The third kappa shape index (κ3) is 2.85. The number of aromatic nitrogens is 1. The Bertz CT molecular complexity index is 992. The molecular formula is C19H13F3N2O2. The molecule has 26 heavy (non-hydrogen) atoms.